The largest absolute Gasteiger partial charge is 0.361 e. The summed E-state index contributed by atoms with van der Waals surface area (Å²) in [7, 11) is 0. The van der Waals surface area contributed by atoms with E-state index in [1.54, 1.807) is 0 Å². The summed E-state index contributed by atoms with van der Waals surface area (Å²) in [5.74, 6) is -0.0831. The number of halogens is 1. The molecule has 0 radical (unpaired) electrons. The van der Waals surface area contributed by atoms with Crippen molar-refractivity contribution in [3.05, 3.63) is 46.1 Å². The standard InChI is InChI=1S/C14H12ClN3OS/c1-8-7-20-14(17-8)18-13(19)4-9-6-16-12-3-2-10(15)5-11(9)12/h2-3,5-7,16H,4H2,1H3,(H,17,18,19). The van der Waals surface area contributed by atoms with Crippen LogP contribution >= 0.6 is 22.9 Å². The Morgan fingerprint density at radius 2 is 2.35 bits per heavy atom. The molecule has 0 fully saturated rings. The van der Waals surface area contributed by atoms with Crippen LogP contribution in [0.25, 0.3) is 10.9 Å². The lowest BCUT2D eigenvalue weighted by Crippen LogP contribution is -2.14. The molecule has 2 heterocycles. The van der Waals surface area contributed by atoms with Gasteiger partial charge in [0.2, 0.25) is 5.91 Å². The number of rotatable bonds is 3. The van der Waals surface area contributed by atoms with Gasteiger partial charge >= 0.3 is 0 Å². The van der Waals surface area contributed by atoms with E-state index in [1.807, 2.05) is 36.7 Å². The fraction of sp³-hybridized carbons (Fsp3) is 0.143. The first-order chi connectivity index (χ1) is 9.61. The molecule has 0 saturated carbocycles. The molecule has 20 heavy (non-hydrogen) atoms. The van der Waals surface area contributed by atoms with E-state index in [0.29, 0.717) is 16.6 Å². The molecule has 102 valence electrons. The molecule has 3 rings (SSSR count). The fourth-order valence-corrected chi connectivity index (χ4v) is 2.92. The number of fused-ring (bicyclic) bond motifs is 1. The Morgan fingerprint density at radius 1 is 1.50 bits per heavy atom. The van der Waals surface area contributed by atoms with E-state index >= 15 is 0 Å². The average molecular weight is 306 g/mol. The number of carbonyl (C=O) groups is 1. The summed E-state index contributed by atoms with van der Waals surface area (Å²) in [5.41, 5.74) is 2.81. The number of nitrogens with one attached hydrogen (secondary N) is 2. The number of nitrogens with zero attached hydrogens (tertiary/aromatic N) is 1. The van der Waals surface area contributed by atoms with Crippen molar-refractivity contribution in [1.29, 1.82) is 0 Å². The van der Waals surface area contributed by atoms with E-state index in [4.69, 9.17) is 11.6 Å². The smallest absolute Gasteiger partial charge is 0.230 e. The Morgan fingerprint density at radius 3 is 3.10 bits per heavy atom. The number of amides is 1. The number of aryl methyl sites for hydroxylation is 1. The van der Waals surface area contributed by atoms with Gasteiger partial charge < -0.3 is 10.3 Å². The number of thiazole rings is 1. The molecule has 0 bridgehead atoms. The van der Waals surface area contributed by atoms with Crippen LogP contribution < -0.4 is 5.32 Å². The van der Waals surface area contributed by atoms with Crippen LogP contribution in [0.15, 0.2) is 29.8 Å². The topological polar surface area (TPSA) is 57.8 Å². The minimum atomic E-state index is -0.0831. The molecular formula is C14H12ClN3OS. The predicted octanol–water partition coefficient (Wildman–Crippen LogP) is 3.77. The number of aromatic amines is 1. The highest BCUT2D eigenvalue weighted by atomic mass is 35.5. The molecule has 2 N–H and O–H groups in total. The Labute approximate surface area is 124 Å². The number of anilines is 1. The highest BCUT2D eigenvalue weighted by Crippen LogP contribution is 2.23. The summed E-state index contributed by atoms with van der Waals surface area (Å²) < 4.78 is 0. The molecule has 2 aromatic heterocycles. The van der Waals surface area contributed by atoms with Crippen molar-refractivity contribution in [3.63, 3.8) is 0 Å². The molecular weight excluding hydrogens is 294 g/mol. The number of benzene rings is 1. The van der Waals surface area contributed by atoms with Crippen LogP contribution in [0, 0.1) is 6.92 Å². The van der Waals surface area contributed by atoms with Gasteiger partial charge in [-0.3, -0.25) is 4.79 Å². The molecule has 3 aromatic rings. The van der Waals surface area contributed by atoms with Gasteiger partial charge in [0.15, 0.2) is 5.13 Å². The third kappa shape index (κ3) is 2.69. The van der Waals surface area contributed by atoms with E-state index in [9.17, 15) is 4.79 Å². The second-order valence-corrected chi connectivity index (χ2v) is 5.82. The fourth-order valence-electron chi connectivity index (χ4n) is 2.04. The summed E-state index contributed by atoms with van der Waals surface area (Å²) in [6, 6.07) is 5.59. The number of aromatic nitrogens is 2. The third-order valence-electron chi connectivity index (χ3n) is 2.95. The first-order valence-electron chi connectivity index (χ1n) is 6.09. The van der Waals surface area contributed by atoms with Crippen LogP contribution in [-0.2, 0) is 11.2 Å². The van der Waals surface area contributed by atoms with Crippen LogP contribution in [0.5, 0.6) is 0 Å². The number of hydrogen-bond donors (Lipinski definition) is 2. The Hall–Kier alpha value is -1.85. The second kappa shape index (κ2) is 5.26. The molecule has 0 aliphatic carbocycles. The van der Waals surface area contributed by atoms with Crippen molar-refractivity contribution in [2.24, 2.45) is 0 Å². The van der Waals surface area contributed by atoms with Gasteiger partial charge in [0.25, 0.3) is 0 Å². The molecule has 0 saturated heterocycles. The average Bonchev–Trinajstić information content (AvgIpc) is 2.97. The van der Waals surface area contributed by atoms with Crippen LogP contribution in [0.3, 0.4) is 0 Å². The van der Waals surface area contributed by atoms with Gasteiger partial charge in [0, 0.05) is 27.5 Å². The van der Waals surface area contributed by atoms with Gasteiger partial charge in [-0.15, -0.1) is 11.3 Å². The summed E-state index contributed by atoms with van der Waals surface area (Å²) in [6.07, 6.45) is 2.13. The number of H-pyrrole nitrogens is 1. The SMILES string of the molecule is Cc1csc(NC(=O)Cc2c[nH]c3ccc(Cl)cc23)n1. The van der Waals surface area contributed by atoms with Crippen LogP contribution in [0.4, 0.5) is 5.13 Å². The lowest BCUT2D eigenvalue weighted by atomic mass is 10.1. The molecule has 0 spiro atoms. The van der Waals surface area contributed by atoms with Gasteiger partial charge in [0.05, 0.1) is 12.1 Å². The van der Waals surface area contributed by atoms with E-state index in [2.05, 4.69) is 15.3 Å². The molecule has 1 amide bonds. The quantitative estimate of drug-likeness (QED) is 0.774. The zero-order valence-electron chi connectivity index (χ0n) is 10.7. The molecule has 0 unspecified atom stereocenters. The van der Waals surface area contributed by atoms with Gasteiger partial charge in [-0.05, 0) is 30.7 Å². The first-order valence-corrected chi connectivity index (χ1v) is 7.35. The monoisotopic (exact) mass is 305 g/mol. The Bertz CT molecular complexity index is 778. The minimum absolute atomic E-state index is 0.0831. The van der Waals surface area contributed by atoms with Crippen molar-refractivity contribution < 1.29 is 4.79 Å². The lowest BCUT2D eigenvalue weighted by Gasteiger charge is -2.01. The Balaban J connectivity index is 1.79. The van der Waals surface area contributed by atoms with E-state index < -0.39 is 0 Å². The summed E-state index contributed by atoms with van der Waals surface area (Å²) >= 11 is 7.42. The maximum absolute atomic E-state index is 12.0. The van der Waals surface area contributed by atoms with Gasteiger partial charge in [0.1, 0.15) is 0 Å². The molecule has 0 atom stereocenters. The first kappa shape index (κ1) is 13.1. The van der Waals surface area contributed by atoms with Crippen molar-refractivity contribution in [1.82, 2.24) is 9.97 Å². The molecule has 4 nitrogen and oxygen atoms in total. The van der Waals surface area contributed by atoms with Crippen LogP contribution in [0.1, 0.15) is 11.3 Å². The van der Waals surface area contributed by atoms with Crippen LogP contribution in [-0.4, -0.2) is 15.9 Å². The Kier molecular flexibility index (Phi) is 3.46. The zero-order chi connectivity index (χ0) is 14.1. The van der Waals surface area contributed by atoms with E-state index in [0.717, 1.165) is 22.2 Å². The summed E-state index contributed by atoms with van der Waals surface area (Å²) in [5, 5.41) is 6.97. The predicted molar refractivity (Wildman–Crippen MR) is 82.5 cm³/mol. The second-order valence-electron chi connectivity index (χ2n) is 4.52. The van der Waals surface area contributed by atoms with E-state index in [1.165, 1.54) is 11.3 Å². The number of carbonyl (C=O) groups excluding carboxylic acids is 1. The third-order valence-corrected chi connectivity index (χ3v) is 4.06. The highest BCUT2D eigenvalue weighted by Gasteiger charge is 2.10. The van der Waals surface area contributed by atoms with Crippen molar-refractivity contribution in [3.8, 4) is 0 Å². The van der Waals surface area contributed by atoms with Crippen molar-refractivity contribution >= 4 is 44.9 Å². The molecule has 1 aromatic carbocycles. The van der Waals surface area contributed by atoms with Crippen LogP contribution in [0.2, 0.25) is 5.02 Å². The molecule has 0 aliphatic rings. The normalized spacial score (nSPS) is 10.9. The van der Waals surface area contributed by atoms with E-state index in [-0.39, 0.29) is 5.91 Å². The maximum Gasteiger partial charge on any atom is 0.230 e. The highest BCUT2D eigenvalue weighted by molar-refractivity contribution is 7.13. The van der Waals surface area contributed by atoms with Crippen molar-refractivity contribution in [2.45, 2.75) is 13.3 Å². The summed E-state index contributed by atoms with van der Waals surface area (Å²) in [4.78, 5) is 19.4. The molecule has 6 heteroatoms. The zero-order valence-corrected chi connectivity index (χ0v) is 12.3. The molecule has 0 aliphatic heterocycles. The minimum Gasteiger partial charge on any atom is -0.361 e. The number of hydrogen-bond acceptors (Lipinski definition) is 3. The lowest BCUT2D eigenvalue weighted by molar-refractivity contribution is -0.115. The van der Waals surface area contributed by atoms with Gasteiger partial charge in [-0.1, -0.05) is 11.6 Å². The van der Waals surface area contributed by atoms with Crippen molar-refractivity contribution in [2.75, 3.05) is 5.32 Å². The van der Waals surface area contributed by atoms with Gasteiger partial charge in [-0.25, -0.2) is 4.98 Å². The maximum atomic E-state index is 12.0. The van der Waals surface area contributed by atoms with Gasteiger partial charge in [-0.2, -0.15) is 0 Å². The summed E-state index contributed by atoms with van der Waals surface area (Å²) in [6.45, 7) is 1.90.